The third kappa shape index (κ3) is 4.02. The summed E-state index contributed by atoms with van der Waals surface area (Å²) in [5.41, 5.74) is -0.0933. The third-order valence-electron chi connectivity index (χ3n) is 5.53. The first kappa shape index (κ1) is 17.7. The molecule has 1 spiro atoms. The first-order valence-corrected chi connectivity index (χ1v) is 10.6. The summed E-state index contributed by atoms with van der Waals surface area (Å²) in [7, 11) is -3.03. The topological polar surface area (TPSA) is 57.7 Å². The Labute approximate surface area is 135 Å². The van der Waals surface area contributed by atoms with Crippen LogP contribution in [0, 0.1) is 0 Å². The minimum Gasteiger partial charge on any atom is -0.336 e. The molecule has 2 heterocycles. The van der Waals surface area contributed by atoms with Crippen molar-refractivity contribution in [2.45, 2.75) is 64.0 Å². The standard InChI is InChI=1S/C16H30N2O3S/c1-4-14(2)17-10-5-7-16(9-11-17)8-6-15(19)18(16)12-13-22(3,20)21/h14H,4-13H2,1-3H3/t14-,16-/m1/s1. The van der Waals surface area contributed by atoms with E-state index >= 15 is 0 Å². The first-order valence-electron chi connectivity index (χ1n) is 8.50. The fraction of sp³-hybridized carbons (Fsp3) is 0.938. The van der Waals surface area contributed by atoms with Crippen molar-refractivity contribution in [3.05, 3.63) is 0 Å². The molecule has 5 nitrogen and oxygen atoms in total. The van der Waals surface area contributed by atoms with Gasteiger partial charge in [-0.05, 0) is 45.6 Å². The SMILES string of the molecule is CC[C@@H](C)N1CCC[C@@]2(CCC(=O)N2CCS(C)(=O)=O)CC1. The van der Waals surface area contributed by atoms with Crippen LogP contribution in [0.3, 0.4) is 0 Å². The van der Waals surface area contributed by atoms with Crippen molar-refractivity contribution in [1.29, 1.82) is 0 Å². The zero-order valence-corrected chi connectivity index (χ0v) is 15.0. The van der Waals surface area contributed by atoms with Gasteiger partial charge in [0.05, 0.1) is 5.75 Å². The van der Waals surface area contributed by atoms with Crippen LogP contribution < -0.4 is 0 Å². The molecule has 2 rings (SSSR count). The zero-order valence-electron chi connectivity index (χ0n) is 14.2. The van der Waals surface area contributed by atoms with Gasteiger partial charge in [0.15, 0.2) is 0 Å². The Morgan fingerprint density at radius 2 is 1.95 bits per heavy atom. The number of sulfone groups is 1. The highest BCUT2D eigenvalue weighted by Gasteiger charge is 2.45. The molecule has 0 saturated carbocycles. The van der Waals surface area contributed by atoms with Gasteiger partial charge in [-0.1, -0.05) is 6.92 Å². The Balaban J connectivity index is 2.08. The molecule has 0 aliphatic carbocycles. The molecule has 0 aromatic carbocycles. The highest BCUT2D eigenvalue weighted by atomic mass is 32.2. The lowest BCUT2D eigenvalue weighted by molar-refractivity contribution is -0.131. The van der Waals surface area contributed by atoms with Gasteiger partial charge in [-0.25, -0.2) is 8.42 Å². The van der Waals surface area contributed by atoms with E-state index in [2.05, 4.69) is 18.7 Å². The minimum absolute atomic E-state index is 0.0789. The number of hydrogen-bond donors (Lipinski definition) is 0. The second kappa shape index (κ2) is 6.87. The van der Waals surface area contributed by atoms with E-state index in [0.29, 0.717) is 19.0 Å². The number of likely N-dealkylation sites (tertiary alicyclic amines) is 2. The zero-order chi connectivity index (χ0) is 16.4. The smallest absolute Gasteiger partial charge is 0.223 e. The Bertz CT molecular complexity index is 506. The third-order valence-corrected chi connectivity index (χ3v) is 6.45. The average molecular weight is 330 g/mol. The summed E-state index contributed by atoms with van der Waals surface area (Å²) in [4.78, 5) is 16.7. The molecule has 0 aromatic rings. The quantitative estimate of drug-likeness (QED) is 0.769. The van der Waals surface area contributed by atoms with Crippen LogP contribution in [0.2, 0.25) is 0 Å². The summed E-state index contributed by atoms with van der Waals surface area (Å²) in [6, 6.07) is 0.580. The van der Waals surface area contributed by atoms with E-state index in [1.165, 1.54) is 6.26 Å². The van der Waals surface area contributed by atoms with Crippen LogP contribution in [-0.4, -0.2) is 67.3 Å². The molecule has 2 fully saturated rings. The highest BCUT2D eigenvalue weighted by molar-refractivity contribution is 7.90. The molecule has 0 unspecified atom stereocenters. The normalized spacial score (nSPS) is 29.0. The van der Waals surface area contributed by atoms with Crippen LogP contribution in [0.1, 0.15) is 52.4 Å². The summed E-state index contributed by atoms with van der Waals surface area (Å²) in [6.07, 6.45) is 6.94. The lowest BCUT2D eigenvalue weighted by atomic mass is 9.88. The number of nitrogens with zero attached hydrogens (tertiary/aromatic N) is 2. The van der Waals surface area contributed by atoms with Gasteiger partial charge in [-0.15, -0.1) is 0 Å². The average Bonchev–Trinajstić information content (AvgIpc) is 2.62. The Morgan fingerprint density at radius 1 is 1.23 bits per heavy atom. The fourth-order valence-corrected chi connectivity index (χ4v) is 4.43. The van der Waals surface area contributed by atoms with Crippen LogP contribution in [0.15, 0.2) is 0 Å². The molecule has 1 amide bonds. The summed E-state index contributed by atoms with van der Waals surface area (Å²) in [5, 5.41) is 0. The monoisotopic (exact) mass is 330 g/mol. The van der Waals surface area contributed by atoms with E-state index in [1.54, 1.807) is 0 Å². The number of rotatable bonds is 5. The van der Waals surface area contributed by atoms with Crippen LogP contribution in [0.4, 0.5) is 0 Å². The number of amides is 1. The molecule has 0 bridgehead atoms. The summed E-state index contributed by atoms with van der Waals surface area (Å²) in [6.45, 7) is 6.94. The second-order valence-corrected chi connectivity index (χ2v) is 9.31. The van der Waals surface area contributed by atoms with Gasteiger partial charge in [0, 0.05) is 37.3 Å². The number of hydrogen-bond acceptors (Lipinski definition) is 4. The van der Waals surface area contributed by atoms with Crippen molar-refractivity contribution in [2.24, 2.45) is 0 Å². The van der Waals surface area contributed by atoms with Crippen molar-refractivity contribution in [2.75, 3.05) is 31.6 Å². The number of carbonyl (C=O) groups is 1. The largest absolute Gasteiger partial charge is 0.336 e. The van der Waals surface area contributed by atoms with Crippen LogP contribution in [-0.2, 0) is 14.6 Å². The van der Waals surface area contributed by atoms with E-state index in [9.17, 15) is 13.2 Å². The molecule has 22 heavy (non-hydrogen) atoms. The molecular formula is C16H30N2O3S. The molecule has 2 saturated heterocycles. The maximum Gasteiger partial charge on any atom is 0.223 e. The van der Waals surface area contributed by atoms with Crippen molar-refractivity contribution >= 4 is 15.7 Å². The Morgan fingerprint density at radius 3 is 2.59 bits per heavy atom. The van der Waals surface area contributed by atoms with E-state index in [1.807, 2.05) is 4.90 Å². The van der Waals surface area contributed by atoms with Gasteiger partial charge in [-0.2, -0.15) is 0 Å². The minimum atomic E-state index is -3.03. The van der Waals surface area contributed by atoms with Crippen molar-refractivity contribution in [1.82, 2.24) is 9.80 Å². The molecule has 128 valence electrons. The van der Waals surface area contributed by atoms with Gasteiger partial charge in [-0.3, -0.25) is 4.79 Å². The molecular weight excluding hydrogens is 300 g/mol. The lowest BCUT2D eigenvalue weighted by Gasteiger charge is -2.38. The molecule has 2 atom stereocenters. The van der Waals surface area contributed by atoms with Crippen molar-refractivity contribution < 1.29 is 13.2 Å². The highest BCUT2D eigenvalue weighted by Crippen LogP contribution is 2.39. The fourth-order valence-electron chi connectivity index (χ4n) is 3.91. The molecule has 0 N–H and O–H groups in total. The Hall–Kier alpha value is -0.620. The second-order valence-electron chi connectivity index (χ2n) is 7.05. The summed E-state index contributed by atoms with van der Waals surface area (Å²) < 4.78 is 22.9. The molecule has 2 aliphatic heterocycles. The van der Waals surface area contributed by atoms with E-state index < -0.39 is 9.84 Å². The van der Waals surface area contributed by atoms with Crippen LogP contribution >= 0.6 is 0 Å². The molecule has 6 heteroatoms. The van der Waals surface area contributed by atoms with Crippen LogP contribution in [0.5, 0.6) is 0 Å². The van der Waals surface area contributed by atoms with E-state index in [-0.39, 0.29) is 17.2 Å². The molecule has 0 aromatic heterocycles. The Kier molecular flexibility index (Phi) is 5.54. The van der Waals surface area contributed by atoms with E-state index in [0.717, 1.165) is 45.2 Å². The first-order chi connectivity index (χ1) is 10.3. The van der Waals surface area contributed by atoms with Gasteiger partial charge in [0.1, 0.15) is 9.84 Å². The van der Waals surface area contributed by atoms with Gasteiger partial charge in [0.25, 0.3) is 0 Å². The predicted octanol–water partition coefficient (Wildman–Crippen LogP) is 1.68. The van der Waals surface area contributed by atoms with Crippen molar-refractivity contribution in [3.8, 4) is 0 Å². The van der Waals surface area contributed by atoms with Gasteiger partial charge < -0.3 is 9.80 Å². The van der Waals surface area contributed by atoms with Gasteiger partial charge in [0.2, 0.25) is 5.91 Å². The molecule has 0 radical (unpaired) electrons. The molecule has 2 aliphatic rings. The van der Waals surface area contributed by atoms with E-state index in [4.69, 9.17) is 0 Å². The summed E-state index contributed by atoms with van der Waals surface area (Å²) >= 11 is 0. The lowest BCUT2D eigenvalue weighted by Crippen LogP contribution is -2.48. The maximum atomic E-state index is 12.3. The van der Waals surface area contributed by atoms with Crippen molar-refractivity contribution in [3.63, 3.8) is 0 Å². The van der Waals surface area contributed by atoms with Crippen LogP contribution in [0.25, 0.3) is 0 Å². The number of carbonyl (C=O) groups excluding carboxylic acids is 1. The summed E-state index contributed by atoms with van der Waals surface area (Å²) in [5.74, 6) is 0.218. The maximum absolute atomic E-state index is 12.3. The predicted molar refractivity (Wildman–Crippen MR) is 88.6 cm³/mol. The van der Waals surface area contributed by atoms with Gasteiger partial charge >= 0.3 is 0 Å².